The lowest BCUT2D eigenvalue weighted by Crippen LogP contribution is -2.13. The molecule has 0 aliphatic rings. The predicted octanol–water partition coefficient (Wildman–Crippen LogP) is 1.25. The lowest BCUT2D eigenvalue weighted by Gasteiger charge is -2.01. The molecule has 12 heavy (non-hydrogen) atoms. The summed E-state index contributed by atoms with van der Waals surface area (Å²) in [6, 6.07) is 0. The van der Waals surface area contributed by atoms with Crippen LogP contribution in [-0.4, -0.2) is 25.5 Å². The maximum absolute atomic E-state index is 10.4. The Morgan fingerprint density at radius 3 is 1.50 bits per heavy atom. The minimum absolute atomic E-state index is 0.144. The minimum atomic E-state index is -1.08. The fourth-order valence-electron chi connectivity index (χ4n) is 0.352. The Kier molecular flexibility index (Phi) is 5.50. The standard InChI is InChI=1S/C6H10O6/c1-3-9-5(7)11-12-6(8)10-4-2/h3-4H2,1-2H3. The van der Waals surface area contributed by atoms with E-state index < -0.39 is 12.3 Å². The van der Waals surface area contributed by atoms with Crippen molar-refractivity contribution in [3.63, 3.8) is 0 Å². The predicted molar refractivity (Wildman–Crippen MR) is 36.2 cm³/mol. The molecule has 0 spiro atoms. The van der Waals surface area contributed by atoms with Crippen molar-refractivity contribution in [3.8, 4) is 0 Å². The van der Waals surface area contributed by atoms with Crippen LogP contribution in [0.2, 0.25) is 0 Å². The van der Waals surface area contributed by atoms with Crippen molar-refractivity contribution in [1.29, 1.82) is 0 Å². The molecular formula is C6H10O6. The molecule has 0 aliphatic carbocycles. The highest BCUT2D eigenvalue weighted by molar-refractivity contribution is 5.63. The molecule has 0 bridgehead atoms. The van der Waals surface area contributed by atoms with Gasteiger partial charge in [-0.3, -0.25) is 0 Å². The van der Waals surface area contributed by atoms with Crippen LogP contribution in [-0.2, 0) is 19.2 Å². The Balaban J connectivity index is 3.40. The first-order valence-corrected chi connectivity index (χ1v) is 3.38. The second-order valence-electron chi connectivity index (χ2n) is 1.53. The summed E-state index contributed by atoms with van der Waals surface area (Å²) in [7, 11) is 0. The van der Waals surface area contributed by atoms with Crippen molar-refractivity contribution in [2.75, 3.05) is 13.2 Å². The summed E-state index contributed by atoms with van der Waals surface area (Å²) in [6.07, 6.45) is -2.16. The van der Waals surface area contributed by atoms with Gasteiger partial charge in [-0.05, 0) is 13.8 Å². The molecule has 0 atom stereocenters. The Bertz CT molecular complexity index is 136. The van der Waals surface area contributed by atoms with Crippen LogP contribution >= 0.6 is 0 Å². The van der Waals surface area contributed by atoms with Crippen molar-refractivity contribution in [2.24, 2.45) is 0 Å². The van der Waals surface area contributed by atoms with Crippen molar-refractivity contribution in [1.82, 2.24) is 0 Å². The molecule has 0 aromatic rings. The Morgan fingerprint density at radius 1 is 0.917 bits per heavy atom. The number of hydrogen-bond donors (Lipinski definition) is 0. The fraction of sp³-hybridized carbons (Fsp3) is 0.667. The summed E-state index contributed by atoms with van der Waals surface area (Å²) in [5, 5.41) is 0. The van der Waals surface area contributed by atoms with E-state index in [1.165, 1.54) is 0 Å². The summed E-state index contributed by atoms with van der Waals surface area (Å²) in [5.41, 5.74) is 0. The summed E-state index contributed by atoms with van der Waals surface area (Å²) in [6.45, 7) is 3.47. The maximum atomic E-state index is 10.4. The van der Waals surface area contributed by atoms with E-state index in [9.17, 15) is 9.59 Å². The highest BCUT2D eigenvalue weighted by atomic mass is 17.3. The van der Waals surface area contributed by atoms with Gasteiger partial charge in [-0.15, -0.1) is 0 Å². The van der Waals surface area contributed by atoms with Gasteiger partial charge in [0.25, 0.3) is 0 Å². The van der Waals surface area contributed by atoms with Crippen LogP contribution < -0.4 is 0 Å². The smallest absolute Gasteiger partial charge is 0.432 e. The third-order valence-corrected chi connectivity index (χ3v) is 0.702. The Morgan fingerprint density at radius 2 is 1.25 bits per heavy atom. The SMILES string of the molecule is CCOC(=O)OOC(=O)OCC. The monoisotopic (exact) mass is 178 g/mol. The summed E-state index contributed by atoms with van der Waals surface area (Å²) in [4.78, 5) is 28.5. The van der Waals surface area contributed by atoms with E-state index in [4.69, 9.17) is 0 Å². The normalized spacial score (nSPS) is 8.50. The maximum Gasteiger partial charge on any atom is 0.549 e. The number of carbonyl (C=O) groups excluding carboxylic acids is 2. The van der Waals surface area contributed by atoms with Crippen LogP contribution in [0.5, 0.6) is 0 Å². The number of rotatable bonds is 2. The topological polar surface area (TPSA) is 71.1 Å². The van der Waals surface area contributed by atoms with Crippen molar-refractivity contribution >= 4 is 12.3 Å². The molecule has 0 unspecified atom stereocenters. The van der Waals surface area contributed by atoms with Gasteiger partial charge in [0.05, 0.1) is 13.2 Å². The second-order valence-corrected chi connectivity index (χ2v) is 1.53. The number of carbonyl (C=O) groups is 2. The van der Waals surface area contributed by atoms with E-state index in [-0.39, 0.29) is 13.2 Å². The van der Waals surface area contributed by atoms with Gasteiger partial charge >= 0.3 is 12.3 Å². The molecule has 6 nitrogen and oxygen atoms in total. The first kappa shape index (κ1) is 10.5. The molecule has 0 aliphatic heterocycles. The third-order valence-electron chi connectivity index (χ3n) is 0.702. The van der Waals surface area contributed by atoms with Crippen molar-refractivity contribution < 1.29 is 28.8 Å². The zero-order valence-electron chi connectivity index (χ0n) is 6.86. The zero-order chi connectivity index (χ0) is 9.40. The van der Waals surface area contributed by atoms with Crippen LogP contribution in [0.15, 0.2) is 0 Å². The molecule has 0 aromatic heterocycles. The van der Waals surface area contributed by atoms with Crippen LogP contribution in [0.4, 0.5) is 9.59 Å². The third kappa shape index (κ3) is 5.33. The van der Waals surface area contributed by atoms with Gasteiger partial charge in [0, 0.05) is 0 Å². The second kappa shape index (κ2) is 6.26. The fourth-order valence-corrected chi connectivity index (χ4v) is 0.352. The Labute approximate surface area is 69.3 Å². The van der Waals surface area contributed by atoms with E-state index in [2.05, 4.69) is 19.2 Å². The summed E-state index contributed by atoms with van der Waals surface area (Å²) < 4.78 is 8.55. The van der Waals surface area contributed by atoms with Crippen molar-refractivity contribution in [2.45, 2.75) is 13.8 Å². The van der Waals surface area contributed by atoms with E-state index in [1.54, 1.807) is 13.8 Å². The van der Waals surface area contributed by atoms with Crippen LogP contribution in [0.25, 0.3) is 0 Å². The Hall–Kier alpha value is -1.46. The lowest BCUT2D eigenvalue weighted by molar-refractivity contribution is -0.217. The quantitative estimate of drug-likeness (QED) is 0.360. The molecule has 0 heterocycles. The van der Waals surface area contributed by atoms with Gasteiger partial charge in [0.1, 0.15) is 0 Å². The van der Waals surface area contributed by atoms with E-state index in [0.717, 1.165) is 0 Å². The minimum Gasteiger partial charge on any atom is -0.432 e. The summed E-state index contributed by atoms with van der Waals surface area (Å²) >= 11 is 0. The van der Waals surface area contributed by atoms with Crippen molar-refractivity contribution in [3.05, 3.63) is 0 Å². The van der Waals surface area contributed by atoms with Crippen LogP contribution in [0.1, 0.15) is 13.8 Å². The molecule has 0 aromatic carbocycles. The average Bonchev–Trinajstić information content (AvgIpc) is 2.02. The number of ether oxygens (including phenoxy) is 2. The largest absolute Gasteiger partial charge is 0.549 e. The molecule has 0 N–H and O–H groups in total. The van der Waals surface area contributed by atoms with Gasteiger partial charge < -0.3 is 9.47 Å². The van der Waals surface area contributed by atoms with Gasteiger partial charge in [-0.25, -0.2) is 0 Å². The number of hydrogen-bond acceptors (Lipinski definition) is 6. The summed E-state index contributed by atoms with van der Waals surface area (Å²) in [5.74, 6) is 0. The molecule has 70 valence electrons. The molecule has 0 fully saturated rings. The highest BCUT2D eigenvalue weighted by Crippen LogP contribution is 1.90. The molecule has 0 radical (unpaired) electrons. The van der Waals surface area contributed by atoms with Gasteiger partial charge in [-0.2, -0.15) is 19.4 Å². The average molecular weight is 178 g/mol. The first-order chi connectivity index (χ1) is 5.70. The van der Waals surface area contributed by atoms with Crippen LogP contribution in [0, 0.1) is 0 Å². The molecule has 0 saturated carbocycles. The van der Waals surface area contributed by atoms with Gasteiger partial charge in [0.15, 0.2) is 0 Å². The van der Waals surface area contributed by atoms with Gasteiger partial charge in [0.2, 0.25) is 0 Å². The molecule has 6 heteroatoms. The molecular weight excluding hydrogens is 168 g/mol. The zero-order valence-corrected chi connectivity index (χ0v) is 6.86. The van der Waals surface area contributed by atoms with Gasteiger partial charge in [-0.1, -0.05) is 0 Å². The molecule has 0 amide bonds. The first-order valence-electron chi connectivity index (χ1n) is 3.38. The molecule has 0 saturated heterocycles. The highest BCUT2D eigenvalue weighted by Gasteiger charge is 2.09. The van der Waals surface area contributed by atoms with Crippen LogP contribution in [0.3, 0.4) is 0 Å². The van der Waals surface area contributed by atoms with E-state index >= 15 is 0 Å². The van der Waals surface area contributed by atoms with E-state index in [0.29, 0.717) is 0 Å². The lowest BCUT2D eigenvalue weighted by atomic mass is 10.9. The molecule has 0 rings (SSSR count). The van der Waals surface area contributed by atoms with E-state index in [1.807, 2.05) is 0 Å².